The van der Waals surface area contributed by atoms with Crippen LogP contribution in [0.3, 0.4) is 0 Å². The fraction of sp³-hybridized carbons (Fsp3) is 0.571. The lowest BCUT2D eigenvalue weighted by Gasteiger charge is -2.28. The van der Waals surface area contributed by atoms with Gasteiger partial charge in [0.1, 0.15) is 0 Å². The van der Waals surface area contributed by atoms with Crippen molar-refractivity contribution in [3.63, 3.8) is 0 Å². The molecule has 2 saturated carbocycles. The summed E-state index contributed by atoms with van der Waals surface area (Å²) in [5.74, 6) is 2.32. The Morgan fingerprint density at radius 3 is 2.65 bits per heavy atom. The molecule has 0 heterocycles. The van der Waals surface area contributed by atoms with E-state index < -0.39 is 0 Å². The van der Waals surface area contributed by atoms with E-state index in [9.17, 15) is 0 Å². The molecular formula is C14H17Cl2N. The first-order chi connectivity index (χ1) is 8.16. The Kier molecular flexibility index (Phi) is 3.10. The zero-order valence-electron chi connectivity index (χ0n) is 9.70. The van der Waals surface area contributed by atoms with Crippen LogP contribution in [0.15, 0.2) is 18.2 Å². The van der Waals surface area contributed by atoms with Crippen LogP contribution in [0, 0.1) is 17.8 Å². The summed E-state index contributed by atoms with van der Waals surface area (Å²) in [6.07, 6.45) is 5.39. The Balaban J connectivity index is 1.86. The van der Waals surface area contributed by atoms with Crippen LogP contribution in [0.1, 0.15) is 37.3 Å². The van der Waals surface area contributed by atoms with Gasteiger partial charge in [-0.15, -0.1) is 0 Å². The number of fused-ring (bicyclic) bond motifs is 2. The van der Waals surface area contributed by atoms with Gasteiger partial charge in [0.15, 0.2) is 0 Å². The van der Waals surface area contributed by atoms with Gasteiger partial charge >= 0.3 is 0 Å². The highest BCUT2D eigenvalue weighted by atomic mass is 35.5. The normalized spacial score (nSPS) is 33.0. The van der Waals surface area contributed by atoms with Crippen molar-refractivity contribution in [3.05, 3.63) is 33.8 Å². The van der Waals surface area contributed by atoms with Crippen LogP contribution in [0.25, 0.3) is 0 Å². The van der Waals surface area contributed by atoms with Gasteiger partial charge in [-0.3, -0.25) is 0 Å². The third-order valence-corrected chi connectivity index (χ3v) is 5.43. The molecule has 17 heavy (non-hydrogen) atoms. The van der Waals surface area contributed by atoms with Gasteiger partial charge in [0, 0.05) is 6.04 Å². The molecule has 0 saturated heterocycles. The summed E-state index contributed by atoms with van der Waals surface area (Å²) in [7, 11) is 0. The number of halogens is 2. The van der Waals surface area contributed by atoms with Crippen molar-refractivity contribution in [1.82, 2.24) is 0 Å². The third-order valence-electron chi connectivity index (χ3n) is 4.59. The molecule has 1 nitrogen and oxygen atoms in total. The van der Waals surface area contributed by atoms with Crippen molar-refractivity contribution in [2.45, 2.75) is 31.7 Å². The lowest BCUT2D eigenvalue weighted by Crippen LogP contribution is -2.26. The van der Waals surface area contributed by atoms with E-state index in [1.165, 1.54) is 25.7 Å². The Morgan fingerprint density at radius 2 is 2.00 bits per heavy atom. The number of hydrogen-bond acceptors (Lipinski definition) is 1. The number of nitrogens with two attached hydrogens (primary N) is 1. The maximum Gasteiger partial charge on any atom is 0.0640 e. The monoisotopic (exact) mass is 269 g/mol. The maximum atomic E-state index is 6.41. The molecule has 0 spiro atoms. The Hall–Kier alpha value is -0.240. The van der Waals surface area contributed by atoms with E-state index in [0.29, 0.717) is 16.0 Å². The smallest absolute Gasteiger partial charge is 0.0640 e. The van der Waals surface area contributed by atoms with E-state index in [0.717, 1.165) is 17.4 Å². The molecule has 2 fully saturated rings. The molecule has 0 radical (unpaired) electrons. The molecule has 4 atom stereocenters. The molecule has 0 aromatic heterocycles. The van der Waals surface area contributed by atoms with Crippen LogP contribution in [0.2, 0.25) is 10.0 Å². The van der Waals surface area contributed by atoms with Crippen molar-refractivity contribution in [2.24, 2.45) is 23.5 Å². The molecule has 3 rings (SSSR count). The SMILES string of the molecule is NC(c1cccc(Cl)c1Cl)C1CC2CCC1C2. The van der Waals surface area contributed by atoms with Crippen molar-refractivity contribution in [1.29, 1.82) is 0 Å². The molecule has 2 bridgehead atoms. The van der Waals surface area contributed by atoms with Crippen LogP contribution in [0.4, 0.5) is 0 Å². The predicted octanol–water partition coefficient (Wildman–Crippen LogP) is 4.43. The minimum Gasteiger partial charge on any atom is -0.324 e. The molecule has 4 unspecified atom stereocenters. The van der Waals surface area contributed by atoms with Gasteiger partial charge in [-0.05, 0) is 48.6 Å². The second-order valence-electron chi connectivity index (χ2n) is 5.51. The highest BCUT2D eigenvalue weighted by Crippen LogP contribution is 2.52. The number of rotatable bonds is 2. The molecular weight excluding hydrogens is 253 g/mol. The Morgan fingerprint density at radius 1 is 1.18 bits per heavy atom. The zero-order chi connectivity index (χ0) is 12.0. The van der Waals surface area contributed by atoms with Crippen LogP contribution in [-0.2, 0) is 0 Å². The van der Waals surface area contributed by atoms with Gasteiger partial charge in [0.2, 0.25) is 0 Å². The van der Waals surface area contributed by atoms with E-state index >= 15 is 0 Å². The largest absolute Gasteiger partial charge is 0.324 e. The summed E-state index contributed by atoms with van der Waals surface area (Å²) in [5.41, 5.74) is 7.44. The lowest BCUT2D eigenvalue weighted by atomic mass is 9.81. The van der Waals surface area contributed by atoms with Gasteiger partial charge in [0.25, 0.3) is 0 Å². The van der Waals surface area contributed by atoms with Crippen LogP contribution in [-0.4, -0.2) is 0 Å². The summed E-state index contributed by atoms with van der Waals surface area (Å²) in [6.45, 7) is 0. The number of hydrogen-bond donors (Lipinski definition) is 1. The summed E-state index contributed by atoms with van der Waals surface area (Å²) >= 11 is 12.3. The Labute approximate surface area is 112 Å². The van der Waals surface area contributed by atoms with Crippen LogP contribution < -0.4 is 5.73 Å². The van der Waals surface area contributed by atoms with Gasteiger partial charge in [-0.1, -0.05) is 41.8 Å². The summed E-state index contributed by atoms with van der Waals surface area (Å²) in [6, 6.07) is 5.83. The highest BCUT2D eigenvalue weighted by Gasteiger charge is 2.42. The summed E-state index contributed by atoms with van der Waals surface area (Å²) in [5, 5.41) is 1.26. The standard InChI is InChI=1S/C14H17Cl2N/c15-12-3-1-2-10(13(12)16)14(17)11-7-8-4-5-9(11)6-8/h1-3,8-9,11,14H,4-7,17H2. The van der Waals surface area contributed by atoms with Gasteiger partial charge in [-0.2, -0.15) is 0 Å². The minimum atomic E-state index is 0.0523. The first-order valence-corrected chi connectivity index (χ1v) is 7.12. The average molecular weight is 270 g/mol. The van der Waals surface area contributed by atoms with E-state index in [1.54, 1.807) is 0 Å². The fourth-order valence-electron chi connectivity index (χ4n) is 3.74. The third kappa shape index (κ3) is 1.99. The van der Waals surface area contributed by atoms with E-state index in [2.05, 4.69) is 0 Å². The zero-order valence-corrected chi connectivity index (χ0v) is 11.2. The van der Waals surface area contributed by atoms with Gasteiger partial charge in [0.05, 0.1) is 10.0 Å². The molecule has 2 aliphatic rings. The quantitative estimate of drug-likeness (QED) is 0.845. The summed E-state index contributed by atoms with van der Waals surface area (Å²) < 4.78 is 0. The molecule has 0 aliphatic heterocycles. The van der Waals surface area contributed by atoms with Crippen molar-refractivity contribution < 1.29 is 0 Å². The second kappa shape index (κ2) is 4.46. The van der Waals surface area contributed by atoms with Gasteiger partial charge < -0.3 is 5.73 Å². The molecule has 1 aromatic carbocycles. The van der Waals surface area contributed by atoms with Crippen LogP contribution >= 0.6 is 23.2 Å². The van der Waals surface area contributed by atoms with E-state index in [4.69, 9.17) is 28.9 Å². The lowest BCUT2D eigenvalue weighted by molar-refractivity contribution is 0.284. The molecule has 92 valence electrons. The first kappa shape index (κ1) is 11.8. The van der Waals surface area contributed by atoms with E-state index in [-0.39, 0.29) is 6.04 Å². The topological polar surface area (TPSA) is 26.0 Å². The molecule has 3 heteroatoms. The van der Waals surface area contributed by atoms with Crippen molar-refractivity contribution in [2.75, 3.05) is 0 Å². The predicted molar refractivity (Wildman–Crippen MR) is 72.3 cm³/mol. The molecule has 1 aromatic rings. The average Bonchev–Trinajstić information content (AvgIpc) is 2.94. The van der Waals surface area contributed by atoms with Crippen molar-refractivity contribution >= 4 is 23.2 Å². The van der Waals surface area contributed by atoms with Crippen molar-refractivity contribution in [3.8, 4) is 0 Å². The minimum absolute atomic E-state index is 0.0523. The molecule has 0 amide bonds. The van der Waals surface area contributed by atoms with E-state index in [1.807, 2.05) is 18.2 Å². The molecule has 2 N–H and O–H groups in total. The number of benzene rings is 1. The summed E-state index contributed by atoms with van der Waals surface area (Å²) in [4.78, 5) is 0. The van der Waals surface area contributed by atoms with Gasteiger partial charge in [-0.25, -0.2) is 0 Å². The van der Waals surface area contributed by atoms with Crippen LogP contribution in [0.5, 0.6) is 0 Å². The highest BCUT2D eigenvalue weighted by molar-refractivity contribution is 6.42. The second-order valence-corrected chi connectivity index (χ2v) is 6.29. The Bertz CT molecular complexity index is 432. The maximum absolute atomic E-state index is 6.41. The molecule has 2 aliphatic carbocycles. The fourth-order valence-corrected chi connectivity index (χ4v) is 4.18. The first-order valence-electron chi connectivity index (χ1n) is 6.36.